The number of nitrogens with zero attached hydrogens (tertiary/aromatic N) is 3. The fourth-order valence-electron chi connectivity index (χ4n) is 4.00. The van der Waals surface area contributed by atoms with E-state index >= 15 is 0 Å². The van der Waals surface area contributed by atoms with Gasteiger partial charge in [-0.25, -0.2) is 13.8 Å². The van der Waals surface area contributed by atoms with Crippen molar-refractivity contribution in [2.45, 2.75) is 37.8 Å². The van der Waals surface area contributed by atoms with Gasteiger partial charge in [0.1, 0.15) is 29.1 Å². The molecule has 3 N–H and O–H groups in total. The number of halogens is 5. The summed E-state index contributed by atoms with van der Waals surface area (Å²) in [5.74, 6) is -3.09. The number of fused-ring (bicyclic) bond motifs is 1. The molecule has 3 unspecified atom stereocenters. The monoisotopic (exact) mass is 512 g/mol. The number of β-amino-alcohol motifs (C(OH)–C–C–N with tert-alkyl or cyclic N) is 2. The van der Waals surface area contributed by atoms with Crippen molar-refractivity contribution in [3.63, 3.8) is 0 Å². The van der Waals surface area contributed by atoms with Crippen LogP contribution in [0, 0.1) is 11.6 Å². The quantitative estimate of drug-likeness (QED) is 0.453. The average Bonchev–Trinajstić information content (AvgIpc) is 3.15. The van der Waals surface area contributed by atoms with E-state index in [1.165, 1.54) is 24.0 Å². The number of carbonyl (C=O) groups excluding carboxylic acids is 1. The largest absolute Gasteiger partial charge is 0.408 e. The number of carbonyl (C=O) groups is 1. The molecular weight excluding hydrogens is 491 g/mol. The summed E-state index contributed by atoms with van der Waals surface area (Å²) in [7, 11) is 0. The lowest BCUT2D eigenvalue weighted by Crippen LogP contribution is -2.46. The van der Waals surface area contributed by atoms with E-state index in [0.29, 0.717) is 6.07 Å². The standard InChI is InChI=1S/C23H21F5N4O4/c1-2-18(23(26,27)28)29-22(36)13-8-32(15-5-3-11(24)7-14(15)25)21-12(20(13)35)4-6-19(30-21)31-9-16(33)17(34)10-31/h3-8,16-18,33-34H,2,9-10H2,1H3,(H,29,36). The summed E-state index contributed by atoms with van der Waals surface area (Å²) in [4.78, 5) is 31.7. The molecule has 1 amide bonds. The van der Waals surface area contributed by atoms with Crippen molar-refractivity contribution in [3.8, 4) is 5.69 Å². The number of alkyl halides is 3. The van der Waals surface area contributed by atoms with Gasteiger partial charge in [0, 0.05) is 25.4 Å². The Morgan fingerprint density at radius 2 is 1.83 bits per heavy atom. The maximum absolute atomic E-state index is 14.7. The first-order valence-electron chi connectivity index (χ1n) is 10.9. The molecule has 1 aliphatic rings. The van der Waals surface area contributed by atoms with Crippen molar-refractivity contribution < 1.29 is 37.0 Å². The fourth-order valence-corrected chi connectivity index (χ4v) is 4.00. The van der Waals surface area contributed by atoms with Crippen molar-refractivity contribution in [2.24, 2.45) is 0 Å². The Hall–Kier alpha value is -3.58. The molecule has 8 nitrogen and oxygen atoms in total. The molecule has 1 fully saturated rings. The third-order valence-electron chi connectivity index (χ3n) is 5.94. The zero-order valence-corrected chi connectivity index (χ0v) is 18.8. The number of amides is 1. The topological polar surface area (TPSA) is 108 Å². The summed E-state index contributed by atoms with van der Waals surface area (Å²) in [6.45, 7) is 1.25. The van der Waals surface area contributed by atoms with Crippen molar-refractivity contribution in [2.75, 3.05) is 18.0 Å². The predicted molar refractivity (Wildman–Crippen MR) is 119 cm³/mol. The van der Waals surface area contributed by atoms with Gasteiger partial charge in [0.05, 0.1) is 23.3 Å². The van der Waals surface area contributed by atoms with E-state index in [2.05, 4.69) is 4.98 Å². The molecule has 2 aromatic heterocycles. The van der Waals surface area contributed by atoms with E-state index in [0.717, 1.165) is 22.9 Å². The van der Waals surface area contributed by atoms with Crippen LogP contribution in [0.15, 0.2) is 41.3 Å². The number of anilines is 1. The number of benzene rings is 1. The van der Waals surface area contributed by atoms with Crippen LogP contribution in [0.4, 0.5) is 27.8 Å². The number of nitrogens with one attached hydrogen (secondary N) is 1. The highest BCUT2D eigenvalue weighted by atomic mass is 19.4. The summed E-state index contributed by atoms with van der Waals surface area (Å²) in [6, 6.07) is 2.92. The molecule has 3 aromatic rings. The Morgan fingerprint density at radius 1 is 1.17 bits per heavy atom. The molecule has 36 heavy (non-hydrogen) atoms. The van der Waals surface area contributed by atoms with Crippen LogP contribution < -0.4 is 15.6 Å². The third kappa shape index (κ3) is 4.75. The Kier molecular flexibility index (Phi) is 6.71. The minimum Gasteiger partial charge on any atom is -0.389 e. The third-order valence-corrected chi connectivity index (χ3v) is 5.94. The molecule has 1 aromatic carbocycles. The van der Waals surface area contributed by atoms with Gasteiger partial charge in [0.25, 0.3) is 5.91 Å². The van der Waals surface area contributed by atoms with Gasteiger partial charge in [-0.2, -0.15) is 13.2 Å². The number of aliphatic hydroxyl groups excluding tert-OH is 2. The molecule has 0 spiro atoms. The van der Waals surface area contributed by atoms with Gasteiger partial charge in [0.15, 0.2) is 5.65 Å². The molecule has 1 saturated heterocycles. The van der Waals surface area contributed by atoms with E-state index in [9.17, 15) is 41.8 Å². The number of rotatable bonds is 5. The molecule has 192 valence electrons. The van der Waals surface area contributed by atoms with Gasteiger partial charge in [-0.3, -0.25) is 14.2 Å². The highest BCUT2D eigenvalue weighted by Crippen LogP contribution is 2.26. The second-order valence-electron chi connectivity index (χ2n) is 8.39. The summed E-state index contributed by atoms with van der Waals surface area (Å²) >= 11 is 0. The van der Waals surface area contributed by atoms with Gasteiger partial charge in [0.2, 0.25) is 5.43 Å². The van der Waals surface area contributed by atoms with Gasteiger partial charge in [-0.1, -0.05) is 6.92 Å². The highest BCUT2D eigenvalue weighted by molar-refractivity contribution is 5.97. The lowest BCUT2D eigenvalue weighted by atomic mass is 10.1. The van der Waals surface area contributed by atoms with Crippen LogP contribution in [0.5, 0.6) is 0 Å². The molecule has 13 heteroatoms. The normalized spacial score (nSPS) is 19.1. The van der Waals surface area contributed by atoms with Crippen LogP contribution in [0.1, 0.15) is 23.7 Å². The van der Waals surface area contributed by atoms with E-state index < -0.39 is 59.4 Å². The zero-order chi connectivity index (χ0) is 26.4. The fraction of sp³-hybridized carbons (Fsp3) is 0.348. The second kappa shape index (κ2) is 9.47. The van der Waals surface area contributed by atoms with E-state index in [-0.39, 0.29) is 35.6 Å². The van der Waals surface area contributed by atoms with Crippen LogP contribution in [0.25, 0.3) is 16.7 Å². The molecule has 3 atom stereocenters. The number of hydrogen-bond donors (Lipinski definition) is 3. The number of pyridine rings is 2. The van der Waals surface area contributed by atoms with Crippen LogP contribution in [-0.4, -0.2) is 63.2 Å². The van der Waals surface area contributed by atoms with Crippen molar-refractivity contribution in [3.05, 3.63) is 63.9 Å². The molecule has 4 rings (SSSR count). The van der Waals surface area contributed by atoms with Crippen LogP contribution in [0.2, 0.25) is 0 Å². The molecule has 0 aliphatic carbocycles. The van der Waals surface area contributed by atoms with Gasteiger partial charge >= 0.3 is 6.18 Å². The lowest BCUT2D eigenvalue weighted by Gasteiger charge is -2.21. The smallest absolute Gasteiger partial charge is 0.389 e. The summed E-state index contributed by atoms with van der Waals surface area (Å²) in [5.41, 5.74) is -2.13. The maximum atomic E-state index is 14.7. The van der Waals surface area contributed by atoms with Crippen LogP contribution in [0.3, 0.4) is 0 Å². The van der Waals surface area contributed by atoms with Crippen molar-refractivity contribution >= 4 is 22.8 Å². The average molecular weight is 512 g/mol. The minimum absolute atomic E-state index is 0.0190. The van der Waals surface area contributed by atoms with Crippen molar-refractivity contribution in [1.82, 2.24) is 14.9 Å². The molecule has 0 radical (unpaired) electrons. The first-order chi connectivity index (χ1) is 16.9. The summed E-state index contributed by atoms with van der Waals surface area (Å²) < 4.78 is 68.8. The van der Waals surface area contributed by atoms with E-state index in [4.69, 9.17) is 0 Å². The highest BCUT2D eigenvalue weighted by Gasteiger charge is 2.40. The predicted octanol–water partition coefficient (Wildman–Crippen LogP) is 2.28. The first-order valence-corrected chi connectivity index (χ1v) is 10.9. The Morgan fingerprint density at radius 3 is 2.42 bits per heavy atom. The Labute approximate surface area is 200 Å². The summed E-state index contributed by atoms with van der Waals surface area (Å²) in [6.07, 6.45) is -6.49. The van der Waals surface area contributed by atoms with Crippen molar-refractivity contribution in [1.29, 1.82) is 0 Å². The molecule has 0 saturated carbocycles. The van der Waals surface area contributed by atoms with Gasteiger partial charge < -0.3 is 20.4 Å². The SMILES string of the molecule is CCC(NC(=O)c1cn(-c2ccc(F)cc2F)c2nc(N3CC(O)C(O)C3)ccc2c1=O)C(F)(F)F. The molecule has 0 bridgehead atoms. The lowest BCUT2D eigenvalue weighted by molar-refractivity contribution is -0.153. The molecule has 1 aliphatic heterocycles. The molecular formula is C23H21F5N4O4. The van der Waals surface area contributed by atoms with Crippen LogP contribution >= 0.6 is 0 Å². The number of aliphatic hydroxyl groups is 2. The zero-order valence-electron chi connectivity index (χ0n) is 18.8. The number of aromatic nitrogens is 2. The summed E-state index contributed by atoms with van der Waals surface area (Å²) in [5, 5.41) is 21.3. The van der Waals surface area contributed by atoms with E-state index in [1.54, 1.807) is 5.32 Å². The van der Waals surface area contributed by atoms with Gasteiger partial charge in [-0.05, 0) is 30.7 Å². The van der Waals surface area contributed by atoms with Crippen LogP contribution in [-0.2, 0) is 0 Å². The number of hydrogen-bond acceptors (Lipinski definition) is 6. The second-order valence-corrected chi connectivity index (χ2v) is 8.39. The molecule has 3 heterocycles. The van der Waals surface area contributed by atoms with E-state index in [1.807, 2.05) is 0 Å². The maximum Gasteiger partial charge on any atom is 0.408 e. The Balaban J connectivity index is 1.90. The first kappa shape index (κ1) is 25.5. The minimum atomic E-state index is -4.76. The Bertz CT molecular complexity index is 1370. The van der Waals surface area contributed by atoms with Gasteiger partial charge in [-0.15, -0.1) is 0 Å².